The first kappa shape index (κ1) is 18.3. The van der Waals surface area contributed by atoms with Crippen molar-refractivity contribution in [3.05, 3.63) is 82.3 Å². The van der Waals surface area contributed by atoms with E-state index in [0.717, 1.165) is 41.1 Å². The van der Waals surface area contributed by atoms with Crippen molar-refractivity contribution in [1.29, 1.82) is 0 Å². The fourth-order valence-corrected chi connectivity index (χ4v) is 4.13. The lowest BCUT2D eigenvalue weighted by Gasteiger charge is -2.29. The topological polar surface area (TPSA) is 41.6 Å². The van der Waals surface area contributed by atoms with Crippen molar-refractivity contribution in [2.45, 2.75) is 32.7 Å². The Balaban J connectivity index is 1.86. The minimum absolute atomic E-state index is 0.0239. The number of allylic oxidation sites excluding steroid dienone is 2. The lowest BCUT2D eigenvalue weighted by molar-refractivity contribution is -0.112. The number of nitrogens with one attached hydrogen (secondary N) is 1. The van der Waals surface area contributed by atoms with Gasteiger partial charge in [-0.3, -0.25) is 15.2 Å². The molecular weight excluding hydrogens is 355 g/mol. The fourth-order valence-electron chi connectivity index (χ4n) is 4.13. The molecule has 0 amide bonds. The second-order valence-corrected chi connectivity index (χ2v) is 7.26. The quantitative estimate of drug-likeness (QED) is 0.793. The number of carbonyl (C=O) groups is 1. The minimum Gasteiger partial charge on any atom is -0.497 e. The number of ether oxygens (including phenoxy) is 1. The van der Waals surface area contributed by atoms with E-state index >= 15 is 0 Å². The van der Waals surface area contributed by atoms with Crippen molar-refractivity contribution < 1.29 is 13.9 Å². The Labute approximate surface area is 164 Å². The van der Waals surface area contributed by atoms with Gasteiger partial charge in [0.2, 0.25) is 0 Å². The molecule has 0 saturated carbocycles. The summed E-state index contributed by atoms with van der Waals surface area (Å²) in [5.74, 6) is 0.507. The molecule has 4 rings (SSSR count). The zero-order valence-electron chi connectivity index (χ0n) is 16.3. The molecule has 1 atom stereocenters. The van der Waals surface area contributed by atoms with Crippen molar-refractivity contribution in [1.82, 2.24) is 10.4 Å². The summed E-state index contributed by atoms with van der Waals surface area (Å²) in [4.78, 5) is 11.7. The minimum atomic E-state index is -0.266. The number of benzene rings is 2. The van der Waals surface area contributed by atoms with E-state index in [1.165, 1.54) is 24.1 Å². The molecule has 0 bridgehead atoms. The molecule has 28 heavy (non-hydrogen) atoms. The predicted octanol–water partition coefficient (Wildman–Crippen LogP) is 4.55. The van der Waals surface area contributed by atoms with Crippen molar-refractivity contribution in [3.63, 3.8) is 0 Å². The van der Waals surface area contributed by atoms with Crippen LogP contribution >= 0.6 is 0 Å². The summed E-state index contributed by atoms with van der Waals surface area (Å²) in [6.07, 6.45) is 3.38. The third kappa shape index (κ3) is 3.17. The maximum Gasteiger partial charge on any atom is 0.154 e. The van der Waals surface area contributed by atoms with Crippen LogP contribution in [0.15, 0.2) is 59.8 Å². The van der Waals surface area contributed by atoms with E-state index in [4.69, 9.17) is 4.74 Å². The van der Waals surface area contributed by atoms with Crippen molar-refractivity contribution >= 4 is 11.5 Å². The molecule has 5 heteroatoms. The molecule has 144 valence electrons. The Hall–Kier alpha value is -3.08. The number of carbonyl (C=O) groups excluding carboxylic acids is 1. The number of aryl methyl sites for hydroxylation is 1. The van der Waals surface area contributed by atoms with Crippen LogP contribution < -0.4 is 10.2 Å². The zero-order chi connectivity index (χ0) is 19.8. The Morgan fingerprint density at radius 2 is 2.04 bits per heavy atom. The van der Waals surface area contributed by atoms with Crippen molar-refractivity contribution in [2.75, 3.05) is 7.11 Å². The van der Waals surface area contributed by atoms with E-state index in [1.807, 2.05) is 30.1 Å². The second-order valence-electron chi connectivity index (χ2n) is 7.26. The third-order valence-corrected chi connectivity index (χ3v) is 5.35. The van der Waals surface area contributed by atoms with Crippen LogP contribution in [0.3, 0.4) is 0 Å². The number of halogens is 1. The van der Waals surface area contributed by atoms with E-state index in [9.17, 15) is 9.18 Å². The summed E-state index contributed by atoms with van der Waals surface area (Å²) < 4.78 is 19.4. The van der Waals surface area contributed by atoms with Gasteiger partial charge in [0, 0.05) is 17.3 Å². The van der Waals surface area contributed by atoms with Gasteiger partial charge >= 0.3 is 0 Å². The van der Waals surface area contributed by atoms with E-state index in [2.05, 4.69) is 11.5 Å². The summed E-state index contributed by atoms with van der Waals surface area (Å²) in [5, 5.41) is 1.97. The molecule has 2 aliphatic rings. The summed E-state index contributed by atoms with van der Waals surface area (Å²) in [6.45, 7) is 3.43. The fraction of sp³-hybridized carbons (Fsp3) is 0.261. The van der Waals surface area contributed by atoms with Gasteiger partial charge in [0.1, 0.15) is 11.6 Å². The molecule has 2 aromatic carbocycles. The molecule has 0 fully saturated rings. The molecule has 1 unspecified atom stereocenters. The lowest BCUT2D eigenvalue weighted by Crippen LogP contribution is -2.33. The Morgan fingerprint density at radius 3 is 2.75 bits per heavy atom. The number of fused-ring (bicyclic) bond motifs is 2. The normalized spacial score (nSPS) is 18.5. The Morgan fingerprint density at radius 1 is 1.21 bits per heavy atom. The van der Waals surface area contributed by atoms with E-state index < -0.39 is 0 Å². The van der Waals surface area contributed by atoms with Gasteiger partial charge in [-0.05, 0) is 67.7 Å². The molecule has 4 nitrogen and oxygen atoms in total. The average molecular weight is 378 g/mol. The van der Waals surface area contributed by atoms with Crippen molar-refractivity contribution in [2.24, 2.45) is 0 Å². The van der Waals surface area contributed by atoms with Crippen LogP contribution in [-0.2, 0) is 11.2 Å². The van der Waals surface area contributed by atoms with Gasteiger partial charge in [0.05, 0.1) is 18.8 Å². The maximum atomic E-state index is 14.0. The standard InChI is InChI=1S/C23H23FN2O2/c1-14(11-15(2)27)26-23(17-5-4-6-18(24)12-17)20-10-8-16-7-9-19(28-3)13-21(16)22(20)25-26/h4-7,9,11-13,23,25H,8,10H2,1-3H3. The Kier molecular flexibility index (Phi) is 4.67. The van der Waals surface area contributed by atoms with E-state index in [1.54, 1.807) is 25.3 Å². The molecule has 1 N–H and O–H groups in total. The second kappa shape index (κ2) is 7.15. The highest BCUT2D eigenvalue weighted by Crippen LogP contribution is 2.46. The SMILES string of the molecule is COc1ccc2c(c1)C1=C(CC2)C(c2cccc(F)c2)N(C(C)=CC(C)=O)N1. The lowest BCUT2D eigenvalue weighted by atomic mass is 9.85. The van der Waals surface area contributed by atoms with Crippen LogP contribution in [0.4, 0.5) is 4.39 Å². The van der Waals surface area contributed by atoms with Crippen LogP contribution in [0.5, 0.6) is 5.75 Å². The summed E-state index contributed by atoms with van der Waals surface area (Å²) in [5.41, 5.74) is 9.71. The molecule has 0 spiro atoms. The number of nitrogens with zero attached hydrogens (tertiary/aromatic N) is 1. The van der Waals surface area contributed by atoms with Crippen LogP contribution in [-0.4, -0.2) is 17.9 Å². The molecule has 0 radical (unpaired) electrons. The molecule has 1 aliphatic heterocycles. The van der Waals surface area contributed by atoms with Gasteiger partial charge in [-0.1, -0.05) is 18.2 Å². The van der Waals surface area contributed by atoms with E-state index in [0.29, 0.717) is 0 Å². The van der Waals surface area contributed by atoms with Gasteiger partial charge < -0.3 is 4.74 Å². The molecular formula is C23H23FN2O2. The summed E-state index contributed by atoms with van der Waals surface area (Å²) in [6, 6.07) is 12.6. The van der Waals surface area contributed by atoms with Crippen molar-refractivity contribution in [3.8, 4) is 5.75 Å². The number of ketones is 1. The molecule has 1 heterocycles. The van der Waals surface area contributed by atoms with Gasteiger partial charge in [-0.25, -0.2) is 4.39 Å². The third-order valence-electron chi connectivity index (χ3n) is 5.35. The summed E-state index contributed by atoms with van der Waals surface area (Å²) in [7, 11) is 1.66. The average Bonchev–Trinajstić information content (AvgIpc) is 3.07. The monoisotopic (exact) mass is 378 g/mol. The van der Waals surface area contributed by atoms with Gasteiger partial charge in [-0.15, -0.1) is 0 Å². The highest BCUT2D eigenvalue weighted by Gasteiger charge is 2.37. The first-order valence-corrected chi connectivity index (χ1v) is 9.38. The zero-order valence-corrected chi connectivity index (χ0v) is 16.3. The largest absolute Gasteiger partial charge is 0.497 e. The first-order chi connectivity index (χ1) is 13.5. The highest BCUT2D eigenvalue weighted by atomic mass is 19.1. The molecule has 2 aromatic rings. The number of rotatable bonds is 4. The number of hydrazine groups is 1. The number of methoxy groups -OCH3 is 1. The van der Waals surface area contributed by atoms with Gasteiger partial charge in [0.25, 0.3) is 0 Å². The van der Waals surface area contributed by atoms with Crippen LogP contribution in [0, 0.1) is 5.82 Å². The first-order valence-electron chi connectivity index (χ1n) is 9.38. The summed E-state index contributed by atoms with van der Waals surface area (Å²) >= 11 is 0. The van der Waals surface area contributed by atoms with Crippen LogP contribution in [0.1, 0.15) is 43.0 Å². The molecule has 1 aliphatic carbocycles. The smallest absolute Gasteiger partial charge is 0.154 e. The number of hydrogen-bond donors (Lipinski definition) is 1. The van der Waals surface area contributed by atoms with E-state index in [-0.39, 0.29) is 17.6 Å². The molecule has 0 aromatic heterocycles. The maximum absolute atomic E-state index is 14.0. The van der Waals surface area contributed by atoms with Crippen LogP contribution in [0.25, 0.3) is 5.70 Å². The Bertz CT molecular complexity index is 1010. The number of hydrogen-bond acceptors (Lipinski definition) is 4. The van der Waals surface area contributed by atoms with Crippen LogP contribution in [0.2, 0.25) is 0 Å². The predicted molar refractivity (Wildman–Crippen MR) is 107 cm³/mol. The van der Waals surface area contributed by atoms with Gasteiger partial charge in [-0.2, -0.15) is 0 Å². The van der Waals surface area contributed by atoms with Gasteiger partial charge in [0.15, 0.2) is 5.78 Å². The highest BCUT2D eigenvalue weighted by molar-refractivity contribution is 5.88. The molecule has 0 saturated heterocycles.